The van der Waals surface area contributed by atoms with Crippen LogP contribution in [0.3, 0.4) is 0 Å². The largest absolute Gasteiger partial charge is 0.329 e. The van der Waals surface area contributed by atoms with E-state index in [9.17, 15) is 9.59 Å². The number of hydrogen-bond acceptors (Lipinski definition) is 2. The van der Waals surface area contributed by atoms with E-state index in [1.54, 1.807) is 13.8 Å². The first-order valence-electron chi connectivity index (χ1n) is 3.72. The third-order valence-corrected chi connectivity index (χ3v) is 2.62. The number of halogens is 2. The molecule has 0 aromatic rings. The molecule has 0 N–H and O–H groups in total. The number of carbonyl (C=O) groups is 2. The lowest BCUT2D eigenvalue weighted by Crippen LogP contribution is -2.43. The van der Waals surface area contributed by atoms with Crippen molar-refractivity contribution >= 4 is 35.1 Å². The van der Waals surface area contributed by atoms with Crippen LogP contribution in [0.4, 0.5) is 4.79 Å². The minimum absolute atomic E-state index is 0.00897. The molecule has 1 fully saturated rings. The van der Waals surface area contributed by atoms with Crippen LogP contribution in [0.25, 0.3) is 0 Å². The Hall–Kier alpha value is -0.480. The Morgan fingerprint density at radius 3 is 2.00 bits per heavy atom. The standard InChI is InChI=1S/C7H10Cl2N2O2/c1-7(2)5(12)10(3-8)6(13)11(7)4-9/h3-4H2,1-2H3. The predicted molar refractivity (Wildman–Crippen MR) is 49.6 cm³/mol. The molecule has 74 valence electrons. The minimum atomic E-state index is -0.881. The van der Waals surface area contributed by atoms with Crippen LogP contribution < -0.4 is 0 Å². The molecule has 0 aliphatic carbocycles. The maximum atomic E-state index is 11.6. The highest BCUT2D eigenvalue weighted by Gasteiger charge is 2.50. The number of rotatable bonds is 2. The summed E-state index contributed by atoms with van der Waals surface area (Å²) in [6.07, 6.45) is 0. The fraction of sp³-hybridized carbons (Fsp3) is 0.714. The van der Waals surface area contributed by atoms with Crippen molar-refractivity contribution in [3.05, 3.63) is 0 Å². The van der Waals surface area contributed by atoms with E-state index < -0.39 is 11.6 Å². The number of urea groups is 1. The topological polar surface area (TPSA) is 40.6 Å². The molecule has 0 bridgehead atoms. The summed E-state index contributed by atoms with van der Waals surface area (Å²) < 4.78 is 0. The molecule has 1 heterocycles. The number of amides is 3. The molecule has 0 atom stereocenters. The van der Waals surface area contributed by atoms with Crippen LogP contribution in [-0.4, -0.2) is 39.3 Å². The monoisotopic (exact) mass is 224 g/mol. The molecule has 1 aliphatic rings. The van der Waals surface area contributed by atoms with Gasteiger partial charge in [-0.1, -0.05) is 0 Å². The fourth-order valence-electron chi connectivity index (χ4n) is 1.22. The van der Waals surface area contributed by atoms with E-state index in [0.29, 0.717) is 0 Å². The maximum absolute atomic E-state index is 11.6. The molecule has 3 amide bonds. The third-order valence-electron chi connectivity index (χ3n) is 2.14. The highest BCUT2D eigenvalue weighted by molar-refractivity contribution is 6.23. The minimum Gasteiger partial charge on any atom is -0.296 e. The molecule has 1 saturated heterocycles. The smallest absolute Gasteiger partial charge is 0.296 e. The zero-order valence-corrected chi connectivity index (χ0v) is 8.89. The summed E-state index contributed by atoms with van der Waals surface area (Å²) in [4.78, 5) is 25.3. The predicted octanol–water partition coefficient (Wildman–Crippen LogP) is 1.42. The van der Waals surface area contributed by atoms with Crippen LogP contribution in [0.1, 0.15) is 13.8 Å². The number of carbonyl (C=O) groups excluding carboxylic acids is 2. The van der Waals surface area contributed by atoms with Crippen LogP contribution in [0, 0.1) is 0 Å². The van der Waals surface area contributed by atoms with Gasteiger partial charge in [-0.05, 0) is 13.8 Å². The molecule has 0 saturated carbocycles. The second-order valence-corrected chi connectivity index (χ2v) is 3.72. The SMILES string of the molecule is CC1(C)C(=O)N(CCl)C(=O)N1CCl. The van der Waals surface area contributed by atoms with Crippen molar-refractivity contribution in [1.82, 2.24) is 9.80 Å². The molecule has 0 spiro atoms. The lowest BCUT2D eigenvalue weighted by atomic mass is 10.1. The van der Waals surface area contributed by atoms with E-state index in [-0.39, 0.29) is 17.9 Å². The van der Waals surface area contributed by atoms with E-state index in [2.05, 4.69) is 0 Å². The second kappa shape index (κ2) is 3.35. The molecule has 1 rings (SSSR count). The van der Waals surface area contributed by atoms with E-state index in [1.165, 1.54) is 4.90 Å². The van der Waals surface area contributed by atoms with Gasteiger partial charge >= 0.3 is 6.03 Å². The van der Waals surface area contributed by atoms with Crippen LogP contribution >= 0.6 is 23.2 Å². The fourth-order valence-corrected chi connectivity index (χ4v) is 1.84. The Morgan fingerprint density at radius 1 is 1.23 bits per heavy atom. The molecule has 1 aliphatic heterocycles. The van der Waals surface area contributed by atoms with Crippen molar-refractivity contribution in [3.63, 3.8) is 0 Å². The highest BCUT2D eigenvalue weighted by atomic mass is 35.5. The Labute approximate surface area is 86.4 Å². The number of nitrogens with zero attached hydrogens (tertiary/aromatic N) is 2. The molecule has 0 unspecified atom stereocenters. The van der Waals surface area contributed by atoms with Gasteiger partial charge < -0.3 is 0 Å². The van der Waals surface area contributed by atoms with Crippen LogP contribution in [0.5, 0.6) is 0 Å². The summed E-state index contributed by atoms with van der Waals surface area (Å²) in [6.45, 7) is 3.28. The zero-order chi connectivity index (χ0) is 10.2. The Bertz CT molecular complexity index is 255. The summed E-state index contributed by atoms with van der Waals surface area (Å²) in [7, 11) is 0. The zero-order valence-electron chi connectivity index (χ0n) is 7.38. The van der Waals surface area contributed by atoms with Gasteiger partial charge in [0.05, 0.1) is 6.00 Å². The second-order valence-electron chi connectivity index (χ2n) is 3.24. The third kappa shape index (κ3) is 1.38. The van der Waals surface area contributed by atoms with Crippen molar-refractivity contribution in [1.29, 1.82) is 0 Å². The van der Waals surface area contributed by atoms with Crippen LogP contribution in [-0.2, 0) is 4.79 Å². The first-order chi connectivity index (χ1) is 5.96. The lowest BCUT2D eigenvalue weighted by molar-refractivity contribution is -0.131. The van der Waals surface area contributed by atoms with Gasteiger partial charge in [-0.15, -0.1) is 23.2 Å². The van der Waals surface area contributed by atoms with Gasteiger partial charge in [0.2, 0.25) is 0 Å². The van der Waals surface area contributed by atoms with Crippen LogP contribution in [0.15, 0.2) is 0 Å². The molecule has 0 radical (unpaired) electrons. The quantitative estimate of drug-likeness (QED) is 0.405. The molecule has 6 heteroatoms. The van der Waals surface area contributed by atoms with Crippen molar-refractivity contribution in [2.75, 3.05) is 12.0 Å². The van der Waals surface area contributed by atoms with Gasteiger partial charge in [0.1, 0.15) is 11.5 Å². The number of imide groups is 1. The van der Waals surface area contributed by atoms with E-state index in [4.69, 9.17) is 23.2 Å². The molecular weight excluding hydrogens is 215 g/mol. The summed E-state index contributed by atoms with van der Waals surface area (Å²) in [6, 6.07) is -0.570. The first kappa shape index (κ1) is 10.6. The van der Waals surface area contributed by atoms with Crippen molar-refractivity contribution in [2.24, 2.45) is 0 Å². The van der Waals surface area contributed by atoms with E-state index >= 15 is 0 Å². The lowest BCUT2D eigenvalue weighted by Gasteiger charge is -2.24. The van der Waals surface area contributed by atoms with Gasteiger partial charge in [-0.3, -0.25) is 9.69 Å². The van der Waals surface area contributed by atoms with Crippen molar-refractivity contribution < 1.29 is 9.59 Å². The first-order valence-corrected chi connectivity index (χ1v) is 4.79. The number of alkyl halides is 2. The molecule has 0 aromatic carbocycles. The van der Waals surface area contributed by atoms with Crippen molar-refractivity contribution in [2.45, 2.75) is 19.4 Å². The molecule has 13 heavy (non-hydrogen) atoms. The van der Waals surface area contributed by atoms with Crippen LogP contribution in [0.2, 0.25) is 0 Å². The molecular formula is C7H10Cl2N2O2. The highest BCUT2D eigenvalue weighted by Crippen LogP contribution is 2.27. The average molecular weight is 225 g/mol. The molecule has 0 aromatic heterocycles. The van der Waals surface area contributed by atoms with Gasteiger partial charge in [0.15, 0.2) is 0 Å². The Balaban J connectivity index is 3.03. The summed E-state index contributed by atoms with van der Waals surface area (Å²) >= 11 is 11.0. The summed E-state index contributed by atoms with van der Waals surface area (Å²) in [5.74, 6) is -0.312. The summed E-state index contributed by atoms with van der Waals surface area (Å²) in [5.41, 5.74) is -0.881. The van der Waals surface area contributed by atoms with Gasteiger partial charge in [-0.25, -0.2) is 9.69 Å². The molecule has 4 nitrogen and oxygen atoms in total. The van der Waals surface area contributed by atoms with E-state index in [0.717, 1.165) is 4.90 Å². The average Bonchev–Trinajstić information content (AvgIpc) is 2.20. The normalized spacial score (nSPS) is 21.5. The van der Waals surface area contributed by atoms with E-state index in [1.807, 2.05) is 0 Å². The van der Waals surface area contributed by atoms with Gasteiger partial charge in [0.25, 0.3) is 5.91 Å². The maximum Gasteiger partial charge on any atom is 0.329 e. The number of hydrogen-bond donors (Lipinski definition) is 0. The van der Waals surface area contributed by atoms with Gasteiger partial charge in [-0.2, -0.15) is 0 Å². The van der Waals surface area contributed by atoms with Crippen molar-refractivity contribution in [3.8, 4) is 0 Å². The Kier molecular flexibility index (Phi) is 2.73. The Morgan fingerprint density at radius 2 is 1.77 bits per heavy atom. The summed E-state index contributed by atoms with van der Waals surface area (Å²) in [5, 5.41) is 0. The van der Waals surface area contributed by atoms with Gasteiger partial charge in [0, 0.05) is 0 Å².